The van der Waals surface area contributed by atoms with Crippen molar-refractivity contribution >= 4 is 0 Å². The van der Waals surface area contributed by atoms with Gasteiger partial charge in [0.25, 0.3) is 0 Å². The van der Waals surface area contributed by atoms with Gasteiger partial charge in [-0.05, 0) is 39.5 Å². The Morgan fingerprint density at radius 2 is 1.12 bits per heavy atom. The van der Waals surface area contributed by atoms with Crippen molar-refractivity contribution in [3.63, 3.8) is 0 Å². The number of aliphatic hydroxyl groups excluding tert-OH is 2. The molecule has 2 fully saturated rings. The van der Waals surface area contributed by atoms with Gasteiger partial charge >= 0.3 is 0 Å². The van der Waals surface area contributed by atoms with E-state index in [0.29, 0.717) is 12.8 Å². The van der Waals surface area contributed by atoms with Crippen LogP contribution in [-0.2, 0) is 0 Å². The van der Waals surface area contributed by atoms with E-state index in [4.69, 9.17) is 10.2 Å². The first-order chi connectivity index (χ1) is 7.20. The summed E-state index contributed by atoms with van der Waals surface area (Å²) in [5.74, 6) is 0. The van der Waals surface area contributed by atoms with Crippen LogP contribution in [0.15, 0.2) is 0 Å². The minimum atomic E-state index is -0.584. The van der Waals surface area contributed by atoms with Gasteiger partial charge in [-0.3, -0.25) is 0 Å². The largest absolute Gasteiger partial charge is 0.393 e. The van der Waals surface area contributed by atoms with E-state index in [0.717, 1.165) is 25.7 Å². The fraction of sp³-hybridized carbons (Fsp3) is 1.00. The van der Waals surface area contributed by atoms with E-state index >= 15 is 0 Å². The molecular weight excluding hydrogens is 208 g/mol. The second kappa shape index (κ2) is 5.00. The summed E-state index contributed by atoms with van der Waals surface area (Å²) < 4.78 is 0. The van der Waals surface area contributed by atoms with Gasteiger partial charge in [0.05, 0.1) is 23.4 Å². The molecule has 0 aromatic heterocycles. The maximum absolute atomic E-state index is 9.20. The van der Waals surface area contributed by atoms with Crippen LogP contribution in [-0.4, -0.2) is 43.8 Å². The molecule has 4 atom stereocenters. The summed E-state index contributed by atoms with van der Waals surface area (Å²) in [6.07, 6.45) is 3.58. The summed E-state index contributed by atoms with van der Waals surface area (Å²) in [6.45, 7) is 3.53. The van der Waals surface area contributed by atoms with Crippen LogP contribution in [0.2, 0.25) is 0 Å². The Labute approximate surface area is 96.9 Å². The van der Waals surface area contributed by atoms with E-state index in [1.807, 2.05) is 0 Å². The molecule has 0 aromatic rings. The van der Waals surface area contributed by atoms with Crippen molar-refractivity contribution in [2.75, 3.05) is 0 Å². The third-order valence-electron chi connectivity index (χ3n) is 3.38. The number of aliphatic hydroxyl groups is 4. The number of hydrogen-bond acceptors (Lipinski definition) is 4. The summed E-state index contributed by atoms with van der Waals surface area (Å²) in [5, 5.41) is 36.2. The standard InChI is InChI=1S/2C6H12O2/c2*1-6(8)3-2-5(7)4-6/h2*5,7-8H,2-4H2,1H3/t5-,6+;5-,6-/m10/s1. The van der Waals surface area contributed by atoms with Gasteiger partial charge in [0.15, 0.2) is 0 Å². The van der Waals surface area contributed by atoms with E-state index in [2.05, 4.69) is 0 Å². The van der Waals surface area contributed by atoms with Crippen molar-refractivity contribution in [3.8, 4) is 0 Å². The molecule has 4 nitrogen and oxygen atoms in total. The van der Waals surface area contributed by atoms with Crippen LogP contribution >= 0.6 is 0 Å². The molecule has 16 heavy (non-hydrogen) atoms. The van der Waals surface area contributed by atoms with Crippen LogP contribution in [0.1, 0.15) is 52.4 Å². The van der Waals surface area contributed by atoms with Crippen molar-refractivity contribution in [2.24, 2.45) is 0 Å². The van der Waals surface area contributed by atoms with E-state index in [1.54, 1.807) is 13.8 Å². The lowest BCUT2D eigenvalue weighted by atomic mass is 10.1. The first-order valence-corrected chi connectivity index (χ1v) is 6.01. The molecule has 0 unspecified atom stereocenters. The lowest BCUT2D eigenvalue weighted by Gasteiger charge is -2.13. The van der Waals surface area contributed by atoms with E-state index in [9.17, 15) is 10.2 Å². The summed E-state index contributed by atoms with van der Waals surface area (Å²) in [4.78, 5) is 0. The first-order valence-electron chi connectivity index (χ1n) is 6.01. The maximum Gasteiger partial charge on any atom is 0.0645 e. The lowest BCUT2D eigenvalue weighted by Crippen LogP contribution is -2.19. The van der Waals surface area contributed by atoms with Gasteiger partial charge in [0.1, 0.15) is 0 Å². The van der Waals surface area contributed by atoms with E-state index < -0.39 is 11.2 Å². The predicted octanol–water partition coefficient (Wildman–Crippen LogP) is 0.564. The van der Waals surface area contributed by atoms with Crippen molar-refractivity contribution in [1.29, 1.82) is 0 Å². The topological polar surface area (TPSA) is 80.9 Å². The normalized spacial score (nSPS) is 47.6. The molecule has 4 heteroatoms. The molecule has 0 amide bonds. The van der Waals surface area contributed by atoms with Gasteiger partial charge in [-0.25, -0.2) is 0 Å². The minimum absolute atomic E-state index is 0.259. The van der Waals surface area contributed by atoms with Crippen LogP contribution in [0.3, 0.4) is 0 Å². The lowest BCUT2D eigenvalue weighted by molar-refractivity contribution is 0.0497. The van der Waals surface area contributed by atoms with Gasteiger partial charge in [0, 0.05) is 12.8 Å². The molecular formula is C12H24O4. The van der Waals surface area contributed by atoms with Crippen LogP contribution in [0.25, 0.3) is 0 Å². The second-order valence-electron chi connectivity index (χ2n) is 5.79. The number of hydrogen-bond donors (Lipinski definition) is 4. The molecule has 0 spiro atoms. The Morgan fingerprint density at radius 1 is 0.812 bits per heavy atom. The van der Waals surface area contributed by atoms with Gasteiger partial charge in [-0.1, -0.05) is 0 Å². The molecule has 0 saturated heterocycles. The smallest absolute Gasteiger partial charge is 0.0645 e. The van der Waals surface area contributed by atoms with Gasteiger partial charge in [0.2, 0.25) is 0 Å². The Balaban J connectivity index is 0.000000160. The Morgan fingerprint density at radius 3 is 1.19 bits per heavy atom. The molecule has 0 aliphatic heterocycles. The average Bonchev–Trinajstić information content (AvgIpc) is 2.56. The van der Waals surface area contributed by atoms with Crippen molar-refractivity contribution in [3.05, 3.63) is 0 Å². The Hall–Kier alpha value is -0.160. The van der Waals surface area contributed by atoms with Gasteiger partial charge < -0.3 is 20.4 Å². The molecule has 0 bridgehead atoms. The Bertz CT molecular complexity index is 201. The summed E-state index contributed by atoms with van der Waals surface area (Å²) in [5.41, 5.74) is -1.17. The molecule has 2 aliphatic carbocycles. The number of rotatable bonds is 0. The fourth-order valence-corrected chi connectivity index (χ4v) is 2.38. The van der Waals surface area contributed by atoms with Crippen molar-refractivity contribution in [1.82, 2.24) is 0 Å². The summed E-state index contributed by atoms with van der Waals surface area (Å²) in [7, 11) is 0. The predicted molar refractivity (Wildman–Crippen MR) is 61.0 cm³/mol. The van der Waals surface area contributed by atoms with Crippen LogP contribution in [0.5, 0.6) is 0 Å². The Kier molecular flexibility index (Phi) is 4.35. The molecule has 2 rings (SSSR count). The highest BCUT2D eigenvalue weighted by molar-refractivity contribution is 4.85. The minimum Gasteiger partial charge on any atom is -0.393 e. The highest BCUT2D eigenvalue weighted by atomic mass is 16.3. The fourth-order valence-electron chi connectivity index (χ4n) is 2.38. The zero-order chi connectivity index (χ0) is 12.4. The summed E-state index contributed by atoms with van der Waals surface area (Å²) >= 11 is 0. The van der Waals surface area contributed by atoms with Gasteiger partial charge in [-0.2, -0.15) is 0 Å². The van der Waals surface area contributed by atoms with Crippen LogP contribution in [0.4, 0.5) is 0 Å². The highest BCUT2D eigenvalue weighted by Gasteiger charge is 2.31. The van der Waals surface area contributed by atoms with Gasteiger partial charge in [-0.15, -0.1) is 0 Å². The molecule has 0 heterocycles. The van der Waals surface area contributed by atoms with Crippen LogP contribution < -0.4 is 0 Å². The first kappa shape index (κ1) is 13.9. The van der Waals surface area contributed by atoms with E-state index in [-0.39, 0.29) is 12.2 Å². The monoisotopic (exact) mass is 232 g/mol. The molecule has 2 saturated carbocycles. The third-order valence-corrected chi connectivity index (χ3v) is 3.38. The molecule has 0 radical (unpaired) electrons. The maximum atomic E-state index is 9.20. The average molecular weight is 232 g/mol. The second-order valence-corrected chi connectivity index (χ2v) is 5.79. The molecule has 4 N–H and O–H groups in total. The zero-order valence-corrected chi connectivity index (χ0v) is 10.2. The van der Waals surface area contributed by atoms with Crippen molar-refractivity contribution in [2.45, 2.75) is 75.8 Å². The third kappa shape index (κ3) is 4.78. The molecule has 0 aromatic carbocycles. The highest BCUT2D eigenvalue weighted by Crippen LogP contribution is 2.29. The zero-order valence-electron chi connectivity index (χ0n) is 10.2. The quantitative estimate of drug-likeness (QED) is 0.492. The van der Waals surface area contributed by atoms with Crippen LogP contribution in [0, 0.1) is 0 Å². The molecule has 96 valence electrons. The van der Waals surface area contributed by atoms with Crippen molar-refractivity contribution < 1.29 is 20.4 Å². The van der Waals surface area contributed by atoms with E-state index in [1.165, 1.54) is 0 Å². The molecule has 2 aliphatic rings. The SMILES string of the molecule is C[C@]1(O)CC[C@@H](O)C1.C[C@]1(O)CC[C@H](O)C1. The summed E-state index contributed by atoms with van der Waals surface area (Å²) in [6, 6.07) is 0.